The summed E-state index contributed by atoms with van der Waals surface area (Å²) in [5.41, 5.74) is -1.19. The summed E-state index contributed by atoms with van der Waals surface area (Å²) in [6.07, 6.45) is 7.34. The molecule has 1 heterocycles. The highest BCUT2D eigenvalue weighted by Crippen LogP contribution is 2.64. The van der Waals surface area contributed by atoms with Gasteiger partial charge in [0.2, 0.25) is 0 Å². The maximum Gasteiger partial charge on any atom is 0.302 e. The lowest BCUT2D eigenvalue weighted by Gasteiger charge is -2.64. The molecule has 3 aliphatic rings. The number of carbonyl (C=O) groups is 2. The second-order valence-corrected chi connectivity index (χ2v) is 9.89. The van der Waals surface area contributed by atoms with Gasteiger partial charge in [0.15, 0.2) is 0 Å². The van der Waals surface area contributed by atoms with Crippen LogP contribution in [0.25, 0.3) is 0 Å². The molecule has 4 heteroatoms. The van der Waals surface area contributed by atoms with Gasteiger partial charge < -0.3 is 9.47 Å². The average molecular weight is 363 g/mol. The molecular formula is C22H34O4. The van der Waals surface area contributed by atoms with E-state index in [4.69, 9.17) is 9.47 Å². The second kappa shape index (κ2) is 6.19. The van der Waals surface area contributed by atoms with Crippen molar-refractivity contribution in [1.82, 2.24) is 0 Å². The maximum absolute atomic E-state index is 13.4. The number of esters is 1. The van der Waals surface area contributed by atoms with Gasteiger partial charge >= 0.3 is 5.97 Å². The largest absolute Gasteiger partial charge is 0.465 e. The zero-order valence-electron chi connectivity index (χ0n) is 17.0. The molecule has 0 aromatic rings. The minimum atomic E-state index is -0.441. The van der Waals surface area contributed by atoms with Crippen LogP contribution in [0.1, 0.15) is 73.1 Å². The predicted molar refractivity (Wildman–Crippen MR) is 101 cm³/mol. The molecule has 0 amide bonds. The molecule has 0 radical (unpaired) electrons. The summed E-state index contributed by atoms with van der Waals surface area (Å²) in [5.74, 6) is 0.267. The Labute approximate surface area is 157 Å². The van der Waals surface area contributed by atoms with Gasteiger partial charge in [0, 0.05) is 24.7 Å². The van der Waals surface area contributed by atoms with Crippen LogP contribution in [0.5, 0.6) is 0 Å². The van der Waals surface area contributed by atoms with Crippen molar-refractivity contribution in [2.75, 3.05) is 6.61 Å². The molecule has 2 aliphatic carbocycles. The van der Waals surface area contributed by atoms with Crippen molar-refractivity contribution < 1.29 is 19.1 Å². The molecule has 2 unspecified atom stereocenters. The van der Waals surface area contributed by atoms with E-state index in [0.717, 1.165) is 32.1 Å². The predicted octanol–water partition coefficient (Wildman–Crippen LogP) is 4.47. The van der Waals surface area contributed by atoms with Crippen LogP contribution in [0.2, 0.25) is 0 Å². The Morgan fingerprint density at radius 3 is 2.58 bits per heavy atom. The molecule has 2 saturated carbocycles. The summed E-state index contributed by atoms with van der Waals surface area (Å²) in [4.78, 5) is 24.8. The van der Waals surface area contributed by atoms with Crippen LogP contribution in [-0.4, -0.2) is 29.6 Å². The van der Waals surface area contributed by atoms with Gasteiger partial charge in [0.1, 0.15) is 5.78 Å². The van der Waals surface area contributed by atoms with Gasteiger partial charge in [-0.25, -0.2) is 0 Å². The van der Waals surface area contributed by atoms with Crippen molar-refractivity contribution in [2.45, 2.75) is 84.3 Å². The van der Waals surface area contributed by atoms with Crippen molar-refractivity contribution in [1.29, 1.82) is 0 Å². The van der Waals surface area contributed by atoms with E-state index in [1.165, 1.54) is 6.92 Å². The van der Waals surface area contributed by atoms with Crippen molar-refractivity contribution in [2.24, 2.45) is 22.7 Å². The first-order valence-electron chi connectivity index (χ1n) is 9.98. The number of Topliss-reactive ketones (excluding diaryl/α,β-unsaturated/α-hetero) is 1. The van der Waals surface area contributed by atoms with E-state index in [1.54, 1.807) is 0 Å². The Balaban J connectivity index is 1.96. The number of ketones is 1. The highest BCUT2D eigenvalue weighted by molar-refractivity contribution is 5.85. The summed E-state index contributed by atoms with van der Waals surface area (Å²) in [6.45, 7) is 14.3. The van der Waals surface area contributed by atoms with Crippen LogP contribution < -0.4 is 0 Å². The van der Waals surface area contributed by atoms with Crippen LogP contribution in [0.4, 0.5) is 0 Å². The lowest BCUT2D eigenvalue weighted by atomic mass is 9.43. The standard InChI is InChI=1S/C22H34O4/c1-7-20(4)12-9-17-21(5)11-8-10-19(3,14-25-15(2)23)18(21)16(24)13-22(17,6)26-20/h7,17-18H,1,8-14H2,2-6H3/t17?,18-,19?,20-,21-,22-/m0/s1. The molecule has 1 saturated heterocycles. The van der Waals surface area contributed by atoms with Gasteiger partial charge in [-0.2, -0.15) is 0 Å². The van der Waals surface area contributed by atoms with Crippen LogP contribution in [0, 0.1) is 22.7 Å². The first-order valence-corrected chi connectivity index (χ1v) is 9.98. The summed E-state index contributed by atoms with van der Waals surface area (Å²) < 4.78 is 11.9. The smallest absolute Gasteiger partial charge is 0.302 e. The summed E-state index contributed by atoms with van der Waals surface area (Å²) in [7, 11) is 0. The third-order valence-corrected chi connectivity index (χ3v) is 7.63. The number of rotatable bonds is 3. The van der Waals surface area contributed by atoms with Gasteiger partial charge in [-0.3, -0.25) is 9.59 Å². The molecule has 0 aromatic carbocycles. The lowest BCUT2D eigenvalue weighted by Crippen LogP contribution is -2.66. The molecule has 0 aromatic heterocycles. The van der Waals surface area contributed by atoms with Crippen molar-refractivity contribution in [3.63, 3.8) is 0 Å². The molecule has 4 nitrogen and oxygen atoms in total. The van der Waals surface area contributed by atoms with E-state index in [9.17, 15) is 9.59 Å². The molecule has 1 aliphatic heterocycles. The fourth-order valence-corrected chi connectivity index (χ4v) is 6.68. The molecule has 0 bridgehead atoms. The Bertz CT molecular complexity index is 628. The van der Waals surface area contributed by atoms with Gasteiger partial charge in [-0.1, -0.05) is 26.3 Å². The topological polar surface area (TPSA) is 52.6 Å². The molecule has 3 fully saturated rings. The number of hydrogen-bond donors (Lipinski definition) is 0. The Morgan fingerprint density at radius 2 is 1.96 bits per heavy atom. The van der Waals surface area contributed by atoms with E-state index < -0.39 is 5.60 Å². The minimum Gasteiger partial charge on any atom is -0.465 e. The van der Waals surface area contributed by atoms with E-state index in [2.05, 4.69) is 34.3 Å². The van der Waals surface area contributed by atoms with Crippen molar-refractivity contribution >= 4 is 11.8 Å². The first kappa shape index (κ1) is 19.6. The third-order valence-electron chi connectivity index (χ3n) is 7.63. The molecular weight excluding hydrogens is 328 g/mol. The summed E-state index contributed by atoms with van der Waals surface area (Å²) >= 11 is 0. The Morgan fingerprint density at radius 1 is 1.27 bits per heavy atom. The van der Waals surface area contributed by atoms with Crippen LogP contribution in [-0.2, 0) is 19.1 Å². The quantitative estimate of drug-likeness (QED) is 0.549. The molecule has 3 rings (SSSR count). The number of hydrogen-bond acceptors (Lipinski definition) is 4. The molecule has 0 spiro atoms. The van der Waals surface area contributed by atoms with Gasteiger partial charge in [0.25, 0.3) is 0 Å². The van der Waals surface area contributed by atoms with E-state index in [0.29, 0.717) is 18.9 Å². The van der Waals surface area contributed by atoms with Crippen LogP contribution >= 0.6 is 0 Å². The van der Waals surface area contributed by atoms with Gasteiger partial charge in [-0.15, -0.1) is 6.58 Å². The lowest BCUT2D eigenvalue weighted by molar-refractivity contribution is -0.246. The first-order chi connectivity index (χ1) is 12.0. The summed E-state index contributed by atoms with van der Waals surface area (Å²) in [5, 5.41) is 0. The monoisotopic (exact) mass is 362 g/mol. The zero-order valence-corrected chi connectivity index (χ0v) is 17.0. The summed E-state index contributed by atoms with van der Waals surface area (Å²) in [6, 6.07) is 0. The molecule has 6 atom stereocenters. The van der Waals surface area contributed by atoms with Gasteiger partial charge in [0.05, 0.1) is 17.8 Å². The minimum absolute atomic E-state index is 0.0714. The second-order valence-electron chi connectivity index (χ2n) is 9.89. The van der Waals surface area contributed by atoms with E-state index in [1.807, 2.05) is 6.08 Å². The maximum atomic E-state index is 13.4. The van der Waals surface area contributed by atoms with Crippen LogP contribution in [0.15, 0.2) is 12.7 Å². The highest BCUT2D eigenvalue weighted by atomic mass is 16.5. The fraction of sp³-hybridized carbons (Fsp3) is 0.818. The average Bonchev–Trinajstić information content (AvgIpc) is 2.51. The number of ether oxygens (including phenoxy) is 2. The van der Waals surface area contributed by atoms with E-state index >= 15 is 0 Å². The number of fused-ring (bicyclic) bond motifs is 3. The van der Waals surface area contributed by atoms with Gasteiger partial charge in [-0.05, 0) is 50.9 Å². The fourth-order valence-electron chi connectivity index (χ4n) is 6.68. The van der Waals surface area contributed by atoms with E-state index in [-0.39, 0.29) is 34.1 Å². The highest BCUT2D eigenvalue weighted by Gasteiger charge is 2.65. The zero-order chi connectivity index (χ0) is 19.4. The molecule has 146 valence electrons. The third kappa shape index (κ3) is 2.94. The number of carbonyl (C=O) groups excluding carboxylic acids is 2. The van der Waals surface area contributed by atoms with Crippen LogP contribution in [0.3, 0.4) is 0 Å². The van der Waals surface area contributed by atoms with Crippen molar-refractivity contribution in [3.05, 3.63) is 12.7 Å². The van der Waals surface area contributed by atoms with Crippen molar-refractivity contribution in [3.8, 4) is 0 Å². The molecule has 26 heavy (non-hydrogen) atoms. The Kier molecular flexibility index (Phi) is 4.66. The normalized spacial score (nSPS) is 48.3. The molecule has 0 N–H and O–H groups in total. The SMILES string of the molecule is C=C[C@@]1(C)CCC2[C@]3(C)CCCC(C)(COC(C)=O)[C@@H]3C(=O)C[C@]2(C)O1. The Hall–Kier alpha value is -1.16.